The Bertz CT molecular complexity index is 974. The summed E-state index contributed by atoms with van der Waals surface area (Å²) in [6.07, 6.45) is 3.45. The minimum atomic E-state index is -0.409. The van der Waals surface area contributed by atoms with Crippen LogP contribution in [0.25, 0.3) is 6.08 Å². The summed E-state index contributed by atoms with van der Waals surface area (Å²) in [4.78, 5) is 12.2. The number of ether oxygens (including phenoxy) is 3. The average molecular weight is 395 g/mol. The fourth-order valence-corrected chi connectivity index (χ4v) is 2.66. The number of carbonyl (C=O) groups is 1. The first-order valence-corrected chi connectivity index (χ1v) is 8.78. The van der Waals surface area contributed by atoms with E-state index in [4.69, 9.17) is 18.6 Å². The SMILES string of the molecule is COc1cc(C=CC(=O)Nc2nnc(Cc3ccccc3)o2)cc(OC)c1OC. The van der Waals surface area contributed by atoms with Crippen molar-refractivity contribution in [1.82, 2.24) is 10.2 Å². The minimum absolute atomic E-state index is 0.0375. The first-order chi connectivity index (χ1) is 14.1. The van der Waals surface area contributed by atoms with E-state index in [0.717, 1.165) is 5.56 Å². The van der Waals surface area contributed by atoms with Crippen LogP contribution in [0, 0.1) is 0 Å². The highest BCUT2D eigenvalue weighted by molar-refractivity contribution is 6.00. The van der Waals surface area contributed by atoms with Gasteiger partial charge in [0.15, 0.2) is 11.5 Å². The lowest BCUT2D eigenvalue weighted by atomic mass is 10.1. The van der Waals surface area contributed by atoms with Gasteiger partial charge in [-0.15, -0.1) is 5.10 Å². The molecule has 1 aromatic heterocycles. The fraction of sp³-hybridized carbons (Fsp3) is 0.190. The first-order valence-electron chi connectivity index (χ1n) is 8.78. The quantitative estimate of drug-likeness (QED) is 0.585. The third-order valence-electron chi connectivity index (χ3n) is 4.01. The van der Waals surface area contributed by atoms with Gasteiger partial charge in [0, 0.05) is 6.08 Å². The summed E-state index contributed by atoms with van der Waals surface area (Å²) in [5, 5.41) is 10.3. The zero-order valence-corrected chi connectivity index (χ0v) is 16.3. The molecule has 0 radical (unpaired) electrons. The van der Waals surface area contributed by atoms with Crippen molar-refractivity contribution in [2.45, 2.75) is 6.42 Å². The van der Waals surface area contributed by atoms with Crippen molar-refractivity contribution in [3.05, 3.63) is 65.6 Å². The van der Waals surface area contributed by atoms with Crippen molar-refractivity contribution in [1.29, 1.82) is 0 Å². The van der Waals surface area contributed by atoms with Gasteiger partial charge in [-0.3, -0.25) is 10.1 Å². The predicted octanol–water partition coefficient (Wildman–Crippen LogP) is 3.34. The molecule has 3 aromatic rings. The summed E-state index contributed by atoms with van der Waals surface area (Å²) in [7, 11) is 4.58. The van der Waals surface area contributed by atoms with Crippen molar-refractivity contribution >= 4 is 18.0 Å². The lowest BCUT2D eigenvalue weighted by Crippen LogP contribution is -2.07. The van der Waals surface area contributed by atoms with Crippen LogP contribution in [0.1, 0.15) is 17.0 Å². The van der Waals surface area contributed by atoms with E-state index >= 15 is 0 Å². The highest BCUT2D eigenvalue weighted by atomic mass is 16.5. The normalized spacial score (nSPS) is 10.7. The molecule has 1 heterocycles. The molecule has 0 unspecified atom stereocenters. The molecule has 0 spiro atoms. The van der Waals surface area contributed by atoms with E-state index in [9.17, 15) is 4.79 Å². The number of nitrogens with one attached hydrogen (secondary N) is 1. The molecule has 29 heavy (non-hydrogen) atoms. The van der Waals surface area contributed by atoms with Crippen molar-refractivity contribution in [3.8, 4) is 17.2 Å². The van der Waals surface area contributed by atoms with E-state index in [1.807, 2.05) is 30.3 Å². The third-order valence-corrected chi connectivity index (χ3v) is 4.01. The molecule has 0 bridgehead atoms. The molecule has 150 valence electrons. The number of amides is 1. The van der Waals surface area contributed by atoms with Crippen LogP contribution in [-0.4, -0.2) is 37.4 Å². The van der Waals surface area contributed by atoms with Gasteiger partial charge in [-0.05, 0) is 29.3 Å². The number of benzene rings is 2. The summed E-state index contributed by atoms with van der Waals surface area (Å²) in [5.41, 5.74) is 1.74. The molecule has 8 heteroatoms. The number of hydrogen-bond acceptors (Lipinski definition) is 7. The van der Waals surface area contributed by atoms with Crippen molar-refractivity contribution in [2.24, 2.45) is 0 Å². The number of rotatable bonds is 8. The topological polar surface area (TPSA) is 95.7 Å². The van der Waals surface area contributed by atoms with Crippen LogP contribution in [0.2, 0.25) is 0 Å². The molecule has 0 aliphatic heterocycles. The Labute approximate surface area is 168 Å². The van der Waals surface area contributed by atoms with Gasteiger partial charge in [0.2, 0.25) is 11.6 Å². The summed E-state index contributed by atoms with van der Waals surface area (Å²) >= 11 is 0. The second kappa shape index (κ2) is 9.41. The monoisotopic (exact) mass is 395 g/mol. The highest BCUT2D eigenvalue weighted by Gasteiger charge is 2.13. The first kappa shape index (κ1) is 19.9. The van der Waals surface area contributed by atoms with Gasteiger partial charge in [-0.2, -0.15) is 0 Å². The number of nitrogens with zero attached hydrogens (tertiary/aromatic N) is 2. The zero-order chi connectivity index (χ0) is 20.6. The van der Waals surface area contributed by atoms with Gasteiger partial charge >= 0.3 is 6.01 Å². The Morgan fingerprint density at radius 2 is 1.72 bits per heavy atom. The number of aromatic nitrogens is 2. The van der Waals surface area contributed by atoms with Crippen molar-refractivity contribution in [2.75, 3.05) is 26.6 Å². The van der Waals surface area contributed by atoms with Crippen LogP contribution in [0.3, 0.4) is 0 Å². The molecule has 3 rings (SSSR count). The van der Waals surface area contributed by atoms with Crippen LogP contribution in [0.5, 0.6) is 17.2 Å². The number of anilines is 1. The average Bonchev–Trinajstić information content (AvgIpc) is 3.18. The highest BCUT2D eigenvalue weighted by Crippen LogP contribution is 2.38. The van der Waals surface area contributed by atoms with Gasteiger partial charge in [0.05, 0.1) is 27.8 Å². The van der Waals surface area contributed by atoms with Gasteiger partial charge in [-0.25, -0.2) is 0 Å². The van der Waals surface area contributed by atoms with E-state index in [2.05, 4.69) is 15.5 Å². The van der Waals surface area contributed by atoms with Crippen molar-refractivity contribution in [3.63, 3.8) is 0 Å². The summed E-state index contributed by atoms with van der Waals surface area (Å²) in [5.74, 6) is 1.48. The maximum Gasteiger partial charge on any atom is 0.322 e. The lowest BCUT2D eigenvalue weighted by molar-refractivity contribution is -0.112. The zero-order valence-electron chi connectivity index (χ0n) is 16.3. The minimum Gasteiger partial charge on any atom is -0.493 e. The number of methoxy groups -OCH3 is 3. The predicted molar refractivity (Wildman–Crippen MR) is 107 cm³/mol. The van der Waals surface area contributed by atoms with E-state index in [0.29, 0.717) is 35.1 Å². The second-order valence-electron chi connectivity index (χ2n) is 5.94. The second-order valence-corrected chi connectivity index (χ2v) is 5.94. The van der Waals surface area contributed by atoms with Crippen LogP contribution in [0.15, 0.2) is 53.0 Å². The molecule has 0 saturated carbocycles. The largest absolute Gasteiger partial charge is 0.493 e. The van der Waals surface area contributed by atoms with E-state index in [-0.39, 0.29) is 6.01 Å². The Morgan fingerprint density at radius 1 is 1.03 bits per heavy atom. The Kier molecular flexibility index (Phi) is 6.47. The molecule has 8 nitrogen and oxygen atoms in total. The van der Waals surface area contributed by atoms with Crippen LogP contribution < -0.4 is 19.5 Å². The summed E-state index contributed by atoms with van der Waals surface area (Å²) in [6.45, 7) is 0. The molecule has 1 N–H and O–H groups in total. The lowest BCUT2D eigenvalue weighted by Gasteiger charge is -2.12. The molecule has 0 fully saturated rings. The van der Waals surface area contributed by atoms with Gasteiger partial charge in [0.25, 0.3) is 5.91 Å². The molecule has 0 saturated heterocycles. The van der Waals surface area contributed by atoms with Crippen LogP contribution in [0.4, 0.5) is 6.01 Å². The third kappa shape index (κ3) is 5.13. The van der Waals surface area contributed by atoms with E-state index < -0.39 is 5.91 Å². The molecule has 2 aromatic carbocycles. The number of hydrogen-bond donors (Lipinski definition) is 1. The fourth-order valence-electron chi connectivity index (χ4n) is 2.66. The molecular weight excluding hydrogens is 374 g/mol. The standard InChI is InChI=1S/C21H21N3O5/c1-26-16-11-15(12-17(27-2)20(16)28-3)9-10-18(25)22-21-24-23-19(29-21)13-14-7-5-4-6-8-14/h4-12H,13H2,1-3H3,(H,22,24,25). The van der Waals surface area contributed by atoms with E-state index in [1.54, 1.807) is 18.2 Å². The van der Waals surface area contributed by atoms with Gasteiger partial charge < -0.3 is 18.6 Å². The molecule has 0 aliphatic rings. The van der Waals surface area contributed by atoms with E-state index in [1.165, 1.54) is 27.4 Å². The molecular formula is C21H21N3O5. The maximum atomic E-state index is 12.2. The van der Waals surface area contributed by atoms with Gasteiger partial charge in [-0.1, -0.05) is 35.4 Å². The molecule has 0 aliphatic carbocycles. The van der Waals surface area contributed by atoms with Crippen LogP contribution in [-0.2, 0) is 11.2 Å². The summed E-state index contributed by atoms with van der Waals surface area (Å²) < 4.78 is 21.4. The Hall–Kier alpha value is -3.81. The Morgan fingerprint density at radius 3 is 2.34 bits per heavy atom. The summed E-state index contributed by atoms with van der Waals surface area (Å²) in [6, 6.07) is 13.2. The van der Waals surface area contributed by atoms with Crippen molar-refractivity contribution < 1.29 is 23.4 Å². The van der Waals surface area contributed by atoms with Crippen LogP contribution >= 0.6 is 0 Å². The molecule has 1 amide bonds. The number of carbonyl (C=O) groups excluding carboxylic acids is 1. The maximum absolute atomic E-state index is 12.2. The smallest absolute Gasteiger partial charge is 0.322 e. The Balaban J connectivity index is 1.66. The molecule has 0 atom stereocenters. The van der Waals surface area contributed by atoms with Gasteiger partial charge in [0.1, 0.15) is 0 Å².